The molecule has 7 nitrogen and oxygen atoms in total. The van der Waals surface area contributed by atoms with Gasteiger partial charge in [0.2, 0.25) is 0 Å². The van der Waals surface area contributed by atoms with Crippen molar-refractivity contribution in [2.24, 2.45) is 0 Å². The Hall–Kier alpha value is -2.67. The summed E-state index contributed by atoms with van der Waals surface area (Å²) < 4.78 is 3.59. The first-order valence-corrected chi connectivity index (χ1v) is 7.96. The molecule has 0 fully saturated rings. The zero-order valence-corrected chi connectivity index (χ0v) is 13.9. The molecule has 0 aliphatic heterocycles. The molecule has 0 atom stereocenters. The molecule has 2 heterocycles. The van der Waals surface area contributed by atoms with Crippen LogP contribution in [0.5, 0.6) is 0 Å². The number of rotatable bonds is 6. The Morgan fingerprint density at radius 3 is 2.83 bits per heavy atom. The lowest BCUT2D eigenvalue weighted by atomic mass is 10.2. The van der Waals surface area contributed by atoms with Crippen LogP contribution in [0, 0.1) is 0 Å². The van der Waals surface area contributed by atoms with Gasteiger partial charge in [0.05, 0.1) is 19.3 Å². The highest BCUT2D eigenvalue weighted by molar-refractivity contribution is 6.30. The van der Waals surface area contributed by atoms with Gasteiger partial charge in [-0.1, -0.05) is 28.9 Å². The average Bonchev–Trinajstić information content (AvgIpc) is 3.23. The molecule has 0 bridgehead atoms. The van der Waals surface area contributed by atoms with Gasteiger partial charge in [-0.25, -0.2) is 9.67 Å². The third kappa shape index (κ3) is 3.80. The van der Waals surface area contributed by atoms with E-state index >= 15 is 0 Å². The largest absolute Gasteiger partial charge is 0.343 e. The third-order valence-electron chi connectivity index (χ3n) is 3.58. The molecule has 0 aliphatic rings. The number of carbonyl (C=O) groups is 1. The number of amides is 1. The lowest BCUT2D eigenvalue weighted by Gasteiger charge is -2.05. The molecule has 0 saturated carbocycles. The summed E-state index contributed by atoms with van der Waals surface area (Å²) >= 11 is 5.86. The van der Waals surface area contributed by atoms with Crippen molar-refractivity contribution < 1.29 is 4.79 Å². The molecule has 1 amide bonds. The van der Waals surface area contributed by atoms with Gasteiger partial charge in [0.1, 0.15) is 5.82 Å². The number of imidazole rings is 1. The van der Waals surface area contributed by atoms with Crippen LogP contribution in [0.1, 0.15) is 28.8 Å². The predicted octanol–water partition coefficient (Wildman–Crippen LogP) is 2.13. The predicted molar refractivity (Wildman–Crippen MR) is 89.6 cm³/mol. The van der Waals surface area contributed by atoms with Crippen LogP contribution in [0.15, 0.2) is 42.9 Å². The molecule has 0 saturated heterocycles. The van der Waals surface area contributed by atoms with E-state index in [2.05, 4.69) is 20.6 Å². The number of carbonyl (C=O) groups excluding carboxylic acids is 1. The molecule has 124 valence electrons. The first-order valence-electron chi connectivity index (χ1n) is 7.58. The second kappa shape index (κ2) is 7.27. The van der Waals surface area contributed by atoms with E-state index in [9.17, 15) is 4.79 Å². The molecule has 3 rings (SSSR count). The van der Waals surface area contributed by atoms with E-state index in [0.717, 1.165) is 17.9 Å². The number of aromatic nitrogens is 5. The van der Waals surface area contributed by atoms with Crippen LogP contribution in [0.2, 0.25) is 5.02 Å². The third-order valence-corrected chi connectivity index (χ3v) is 3.83. The maximum atomic E-state index is 12.2. The standard InChI is InChI=1S/C16H17ClN6O/c1-2-22-8-7-18-15(22)9-19-16(24)14-11-23(21-20-14)10-12-3-5-13(17)6-4-12/h3-8,11H,2,9-10H2,1H3,(H,19,24). The summed E-state index contributed by atoms with van der Waals surface area (Å²) in [5.74, 6) is 0.530. The van der Waals surface area contributed by atoms with E-state index < -0.39 is 0 Å². The van der Waals surface area contributed by atoms with Crippen molar-refractivity contribution in [3.8, 4) is 0 Å². The number of aryl methyl sites for hydroxylation is 1. The second-order valence-electron chi connectivity index (χ2n) is 5.24. The van der Waals surface area contributed by atoms with Crippen LogP contribution in [0.4, 0.5) is 0 Å². The van der Waals surface area contributed by atoms with E-state index in [0.29, 0.717) is 18.1 Å². The smallest absolute Gasteiger partial charge is 0.273 e. The summed E-state index contributed by atoms with van der Waals surface area (Å²) in [5.41, 5.74) is 1.31. The first-order chi connectivity index (χ1) is 11.7. The number of nitrogens with one attached hydrogen (secondary N) is 1. The summed E-state index contributed by atoms with van der Waals surface area (Å²) in [6.45, 7) is 3.71. The van der Waals surface area contributed by atoms with Gasteiger partial charge in [0.25, 0.3) is 5.91 Å². The molecule has 0 aliphatic carbocycles. The summed E-state index contributed by atoms with van der Waals surface area (Å²) in [5, 5.41) is 11.4. The molecule has 8 heteroatoms. The second-order valence-corrected chi connectivity index (χ2v) is 5.68. The summed E-state index contributed by atoms with van der Waals surface area (Å²) in [7, 11) is 0. The summed E-state index contributed by atoms with van der Waals surface area (Å²) in [6.07, 6.45) is 5.22. The van der Waals surface area contributed by atoms with Crippen LogP contribution >= 0.6 is 11.6 Å². The van der Waals surface area contributed by atoms with E-state index in [4.69, 9.17) is 11.6 Å². The topological polar surface area (TPSA) is 77.6 Å². The van der Waals surface area contributed by atoms with E-state index in [-0.39, 0.29) is 11.6 Å². The zero-order chi connectivity index (χ0) is 16.9. The number of halogens is 1. The van der Waals surface area contributed by atoms with Gasteiger partial charge < -0.3 is 9.88 Å². The van der Waals surface area contributed by atoms with E-state index in [1.807, 2.05) is 42.0 Å². The molecule has 24 heavy (non-hydrogen) atoms. The van der Waals surface area contributed by atoms with Crippen LogP contribution in [-0.4, -0.2) is 30.5 Å². The van der Waals surface area contributed by atoms with Crippen LogP contribution in [0.3, 0.4) is 0 Å². The van der Waals surface area contributed by atoms with Crippen molar-refractivity contribution in [3.63, 3.8) is 0 Å². The lowest BCUT2D eigenvalue weighted by Crippen LogP contribution is -2.25. The molecule has 3 aromatic rings. The molecule has 0 spiro atoms. The number of benzene rings is 1. The number of hydrogen-bond acceptors (Lipinski definition) is 4. The van der Waals surface area contributed by atoms with Crippen molar-refractivity contribution in [3.05, 3.63) is 65.0 Å². The lowest BCUT2D eigenvalue weighted by molar-refractivity contribution is 0.0944. The first kappa shape index (κ1) is 16.2. The van der Waals surface area contributed by atoms with Crippen molar-refractivity contribution in [1.82, 2.24) is 29.9 Å². The van der Waals surface area contributed by atoms with Crippen molar-refractivity contribution in [2.75, 3.05) is 0 Å². The van der Waals surface area contributed by atoms with Crippen molar-refractivity contribution >= 4 is 17.5 Å². The summed E-state index contributed by atoms with van der Waals surface area (Å²) in [6, 6.07) is 7.46. The molecular formula is C16H17ClN6O. The van der Waals surface area contributed by atoms with E-state index in [1.165, 1.54) is 0 Å². The van der Waals surface area contributed by atoms with Crippen LogP contribution in [-0.2, 0) is 19.6 Å². The fourth-order valence-electron chi connectivity index (χ4n) is 2.30. The quantitative estimate of drug-likeness (QED) is 0.743. The van der Waals surface area contributed by atoms with Gasteiger partial charge >= 0.3 is 0 Å². The maximum absolute atomic E-state index is 12.2. The van der Waals surface area contributed by atoms with E-state index in [1.54, 1.807) is 17.1 Å². The number of nitrogens with zero attached hydrogens (tertiary/aromatic N) is 5. The summed E-state index contributed by atoms with van der Waals surface area (Å²) in [4.78, 5) is 16.4. The fraction of sp³-hybridized carbons (Fsp3) is 0.250. The molecule has 1 aromatic carbocycles. The monoisotopic (exact) mass is 344 g/mol. The Balaban J connectivity index is 1.60. The minimum atomic E-state index is -0.275. The fourth-order valence-corrected chi connectivity index (χ4v) is 2.43. The van der Waals surface area contributed by atoms with Gasteiger partial charge in [-0.3, -0.25) is 4.79 Å². The molecule has 1 N–H and O–H groups in total. The van der Waals surface area contributed by atoms with Gasteiger partial charge in [0.15, 0.2) is 5.69 Å². The van der Waals surface area contributed by atoms with Gasteiger partial charge in [-0.05, 0) is 24.6 Å². The van der Waals surface area contributed by atoms with Crippen LogP contribution < -0.4 is 5.32 Å². The normalized spacial score (nSPS) is 10.8. The Morgan fingerprint density at radius 2 is 2.08 bits per heavy atom. The minimum absolute atomic E-state index is 0.275. The number of hydrogen-bond donors (Lipinski definition) is 1. The molecule has 2 aromatic heterocycles. The molecular weight excluding hydrogens is 328 g/mol. The van der Waals surface area contributed by atoms with Gasteiger partial charge in [0, 0.05) is 24.0 Å². The van der Waals surface area contributed by atoms with Gasteiger partial charge in [-0.15, -0.1) is 5.10 Å². The van der Waals surface area contributed by atoms with Crippen molar-refractivity contribution in [2.45, 2.75) is 26.6 Å². The van der Waals surface area contributed by atoms with Crippen LogP contribution in [0.25, 0.3) is 0 Å². The SMILES string of the molecule is CCn1ccnc1CNC(=O)c1cn(Cc2ccc(Cl)cc2)nn1. The average molecular weight is 345 g/mol. The highest BCUT2D eigenvalue weighted by Crippen LogP contribution is 2.10. The minimum Gasteiger partial charge on any atom is -0.343 e. The maximum Gasteiger partial charge on any atom is 0.273 e. The highest BCUT2D eigenvalue weighted by Gasteiger charge is 2.12. The molecule has 0 unspecified atom stereocenters. The van der Waals surface area contributed by atoms with Crippen molar-refractivity contribution in [1.29, 1.82) is 0 Å². The Labute approximate surface area is 144 Å². The zero-order valence-electron chi connectivity index (χ0n) is 13.2. The molecule has 0 radical (unpaired) electrons. The Bertz CT molecular complexity index is 823. The van der Waals surface area contributed by atoms with Gasteiger partial charge in [-0.2, -0.15) is 0 Å². The Kier molecular flexibility index (Phi) is 4.90. The highest BCUT2D eigenvalue weighted by atomic mass is 35.5. The Morgan fingerprint density at radius 1 is 1.29 bits per heavy atom.